The molecule has 0 atom stereocenters. The van der Waals surface area contributed by atoms with Crippen LogP contribution < -0.4 is 0 Å². The summed E-state index contributed by atoms with van der Waals surface area (Å²) in [7, 11) is 0. The van der Waals surface area contributed by atoms with E-state index in [0.29, 0.717) is 19.0 Å². The number of nitrogens with zero attached hydrogens (tertiary/aromatic N) is 1. The highest BCUT2D eigenvalue weighted by atomic mass is 35.5. The predicted molar refractivity (Wildman–Crippen MR) is 69.4 cm³/mol. The summed E-state index contributed by atoms with van der Waals surface area (Å²) in [6.45, 7) is 0.727. The molecular weight excluding hydrogens is 269 g/mol. The molecule has 0 aromatic heterocycles. The number of carbonyl (C=O) groups excluding carboxylic acids is 1. The fraction of sp³-hybridized carbons (Fsp3) is 0.500. The van der Waals surface area contributed by atoms with Gasteiger partial charge in [-0.3, -0.25) is 4.79 Å². The van der Waals surface area contributed by atoms with Gasteiger partial charge in [-0.05, 0) is 30.9 Å². The zero-order chi connectivity index (χ0) is 13.6. The largest absolute Gasteiger partial charge is 0.386 e. The Bertz CT molecular complexity index is 504. The average molecular weight is 284 g/mol. The minimum Gasteiger partial charge on any atom is -0.386 e. The minimum absolute atomic E-state index is 0.0494. The van der Waals surface area contributed by atoms with Gasteiger partial charge in [0, 0.05) is 10.6 Å². The average Bonchev–Trinajstić information content (AvgIpc) is 3.14. The molecule has 2 fully saturated rings. The number of hydrogen-bond donors (Lipinski definition) is 1. The summed E-state index contributed by atoms with van der Waals surface area (Å²) in [6, 6.07) is 4.39. The van der Waals surface area contributed by atoms with E-state index in [2.05, 4.69) is 0 Å². The summed E-state index contributed by atoms with van der Waals surface area (Å²) in [5.74, 6) is -0.301. The third-order valence-electron chi connectivity index (χ3n) is 4.01. The molecule has 0 unspecified atom stereocenters. The van der Waals surface area contributed by atoms with Gasteiger partial charge >= 0.3 is 0 Å². The third-order valence-corrected chi connectivity index (χ3v) is 4.36. The molecule has 1 saturated carbocycles. The van der Waals surface area contributed by atoms with Gasteiger partial charge in [0.25, 0.3) is 0 Å². The van der Waals surface area contributed by atoms with Crippen LogP contribution in [0.2, 0.25) is 5.02 Å². The van der Waals surface area contributed by atoms with Gasteiger partial charge in [-0.25, -0.2) is 4.39 Å². The maximum Gasteiger partial charge on any atom is 0.227 e. The number of hydrogen-bond acceptors (Lipinski definition) is 2. The van der Waals surface area contributed by atoms with E-state index in [4.69, 9.17) is 11.6 Å². The Kier molecular flexibility index (Phi) is 3.02. The number of rotatable bonds is 3. The van der Waals surface area contributed by atoms with E-state index in [1.807, 2.05) is 0 Å². The van der Waals surface area contributed by atoms with Crippen molar-refractivity contribution in [2.45, 2.75) is 24.9 Å². The Morgan fingerprint density at radius 1 is 1.47 bits per heavy atom. The molecule has 1 saturated heterocycles. The summed E-state index contributed by atoms with van der Waals surface area (Å²) in [6.07, 6.45) is 2.03. The molecule has 3 rings (SSSR count). The van der Waals surface area contributed by atoms with E-state index < -0.39 is 11.4 Å². The Hall–Kier alpha value is -1.13. The number of β-amino-alcohol motifs (C(OH)–C–C–N with tert-alkyl or cyclic N) is 1. The topological polar surface area (TPSA) is 40.5 Å². The second-order valence-corrected chi connectivity index (χ2v) is 5.91. The van der Waals surface area contributed by atoms with E-state index in [0.717, 1.165) is 12.8 Å². The van der Waals surface area contributed by atoms with Crippen molar-refractivity contribution in [1.82, 2.24) is 4.90 Å². The summed E-state index contributed by atoms with van der Waals surface area (Å²) in [5.41, 5.74) is -0.467. The second-order valence-electron chi connectivity index (χ2n) is 5.50. The molecule has 19 heavy (non-hydrogen) atoms. The highest BCUT2D eigenvalue weighted by Crippen LogP contribution is 2.44. The molecule has 1 amide bonds. The maximum absolute atomic E-state index is 13.6. The van der Waals surface area contributed by atoms with Crippen molar-refractivity contribution in [3.8, 4) is 0 Å². The SMILES string of the molecule is O=C(Cc1c(F)cccc1Cl)N1CC(O)(C2CC2)C1. The van der Waals surface area contributed by atoms with Crippen LogP contribution in [0.5, 0.6) is 0 Å². The molecule has 1 aliphatic heterocycles. The Morgan fingerprint density at radius 3 is 2.74 bits per heavy atom. The van der Waals surface area contributed by atoms with Gasteiger partial charge < -0.3 is 10.0 Å². The van der Waals surface area contributed by atoms with Crippen LogP contribution in [-0.2, 0) is 11.2 Å². The van der Waals surface area contributed by atoms with E-state index in [1.165, 1.54) is 12.1 Å². The van der Waals surface area contributed by atoms with Crippen LogP contribution in [0.3, 0.4) is 0 Å². The number of amides is 1. The fourth-order valence-corrected chi connectivity index (χ4v) is 2.86. The quantitative estimate of drug-likeness (QED) is 0.922. The Labute approximate surface area is 116 Å². The Balaban J connectivity index is 1.63. The first kappa shape index (κ1) is 12.9. The van der Waals surface area contributed by atoms with Gasteiger partial charge in [0.05, 0.1) is 19.5 Å². The van der Waals surface area contributed by atoms with Crippen LogP contribution in [0, 0.1) is 11.7 Å². The lowest BCUT2D eigenvalue weighted by molar-refractivity contribution is -0.158. The standard InChI is InChI=1S/C14H15ClFNO2/c15-11-2-1-3-12(16)10(11)6-13(18)17-7-14(19,8-17)9-4-5-9/h1-3,9,19H,4-8H2. The van der Waals surface area contributed by atoms with Crippen molar-refractivity contribution in [3.63, 3.8) is 0 Å². The van der Waals surface area contributed by atoms with Crippen LogP contribution in [0.25, 0.3) is 0 Å². The van der Waals surface area contributed by atoms with Gasteiger partial charge in [-0.15, -0.1) is 0 Å². The molecular formula is C14H15ClFNO2. The fourth-order valence-electron chi connectivity index (χ4n) is 2.63. The van der Waals surface area contributed by atoms with Gasteiger partial charge in [-0.2, -0.15) is 0 Å². The van der Waals surface area contributed by atoms with Crippen molar-refractivity contribution in [2.24, 2.45) is 5.92 Å². The highest BCUT2D eigenvalue weighted by Gasteiger charge is 2.53. The minimum atomic E-state index is -0.700. The van der Waals surface area contributed by atoms with Gasteiger partial charge in [0.2, 0.25) is 5.91 Å². The van der Waals surface area contributed by atoms with Crippen molar-refractivity contribution < 1.29 is 14.3 Å². The predicted octanol–water partition coefficient (Wildman–Crippen LogP) is 2.00. The zero-order valence-electron chi connectivity index (χ0n) is 10.4. The number of benzene rings is 1. The van der Waals surface area contributed by atoms with Crippen LogP contribution >= 0.6 is 11.6 Å². The number of aliphatic hydroxyl groups is 1. The van der Waals surface area contributed by atoms with Crippen molar-refractivity contribution >= 4 is 17.5 Å². The van der Waals surface area contributed by atoms with Gasteiger partial charge in [0.15, 0.2) is 0 Å². The first-order chi connectivity index (χ1) is 8.99. The van der Waals surface area contributed by atoms with Crippen LogP contribution in [-0.4, -0.2) is 34.6 Å². The highest BCUT2D eigenvalue weighted by molar-refractivity contribution is 6.31. The van der Waals surface area contributed by atoms with E-state index in [-0.39, 0.29) is 22.9 Å². The number of halogens is 2. The van der Waals surface area contributed by atoms with Crippen LogP contribution in [0.1, 0.15) is 18.4 Å². The number of likely N-dealkylation sites (tertiary alicyclic amines) is 1. The lowest BCUT2D eigenvalue weighted by Gasteiger charge is -2.47. The smallest absolute Gasteiger partial charge is 0.227 e. The molecule has 1 aromatic rings. The van der Waals surface area contributed by atoms with Crippen molar-refractivity contribution in [3.05, 3.63) is 34.6 Å². The molecule has 1 aliphatic carbocycles. The summed E-state index contributed by atoms with van der Waals surface area (Å²) >= 11 is 5.90. The molecule has 2 aliphatic rings. The number of carbonyl (C=O) groups is 1. The van der Waals surface area contributed by atoms with Crippen molar-refractivity contribution in [2.75, 3.05) is 13.1 Å². The molecule has 102 valence electrons. The van der Waals surface area contributed by atoms with Gasteiger partial charge in [0.1, 0.15) is 11.4 Å². The van der Waals surface area contributed by atoms with Crippen molar-refractivity contribution in [1.29, 1.82) is 0 Å². The lowest BCUT2D eigenvalue weighted by atomic mass is 9.88. The van der Waals surface area contributed by atoms with Gasteiger partial charge in [-0.1, -0.05) is 17.7 Å². The first-order valence-electron chi connectivity index (χ1n) is 6.43. The molecule has 0 radical (unpaired) electrons. The molecule has 0 spiro atoms. The summed E-state index contributed by atoms with van der Waals surface area (Å²) in [5, 5.41) is 10.4. The molecule has 0 bridgehead atoms. The lowest BCUT2D eigenvalue weighted by Crippen LogP contribution is -2.65. The van der Waals surface area contributed by atoms with E-state index in [1.54, 1.807) is 11.0 Å². The monoisotopic (exact) mass is 283 g/mol. The molecule has 1 aromatic carbocycles. The summed E-state index contributed by atoms with van der Waals surface area (Å²) in [4.78, 5) is 13.6. The summed E-state index contributed by atoms with van der Waals surface area (Å²) < 4.78 is 13.6. The molecule has 5 heteroatoms. The van der Waals surface area contributed by atoms with E-state index in [9.17, 15) is 14.3 Å². The molecule has 1 N–H and O–H groups in total. The normalized spacial score (nSPS) is 21.1. The molecule has 3 nitrogen and oxygen atoms in total. The first-order valence-corrected chi connectivity index (χ1v) is 6.80. The molecule has 1 heterocycles. The third kappa shape index (κ3) is 2.35. The zero-order valence-corrected chi connectivity index (χ0v) is 11.2. The van der Waals surface area contributed by atoms with Crippen LogP contribution in [0.15, 0.2) is 18.2 Å². The second kappa shape index (κ2) is 4.46. The van der Waals surface area contributed by atoms with Crippen LogP contribution in [0.4, 0.5) is 4.39 Å². The van der Waals surface area contributed by atoms with E-state index >= 15 is 0 Å². The maximum atomic E-state index is 13.6. The Morgan fingerprint density at radius 2 is 2.16 bits per heavy atom.